The number of hydrogen-bond acceptors (Lipinski definition) is 5. The summed E-state index contributed by atoms with van der Waals surface area (Å²) in [4.78, 5) is 9.39. The molecular weight excluding hydrogens is 168 g/mol. The van der Waals surface area contributed by atoms with Crippen LogP contribution in [0.5, 0.6) is 12.0 Å². The molecule has 0 aromatic carbocycles. The van der Waals surface area contributed by atoms with E-state index in [2.05, 4.69) is 15.0 Å². The molecule has 0 unspecified atom stereocenters. The molecule has 0 atom stereocenters. The molecule has 2 N–H and O–H groups in total. The Morgan fingerprint density at radius 3 is 1.70 bits per heavy atom. The van der Waals surface area contributed by atoms with Gasteiger partial charge >= 0.3 is 41.6 Å². The topological polar surface area (TPSA) is 79.1 Å². The molecule has 0 bridgehead atoms. The van der Waals surface area contributed by atoms with E-state index in [-0.39, 0.29) is 34.8 Å². The van der Waals surface area contributed by atoms with E-state index in [1.807, 2.05) is 0 Å². The second-order valence-corrected chi connectivity index (χ2v) is 1.54. The fraction of sp³-hybridized carbons (Fsp3) is 0. The molecular formula is C3H3ClN3NaO2. The first kappa shape index (κ1) is 9.90. The Morgan fingerprint density at radius 2 is 1.40 bits per heavy atom. The molecule has 0 saturated carbocycles. The van der Waals surface area contributed by atoms with Crippen molar-refractivity contribution in [1.29, 1.82) is 0 Å². The van der Waals surface area contributed by atoms with E-state index in [1.54, 1.807) is 0 Å². The Hall–Kier alpha value is -0.1000. The van der Waals surface area contributed by atoms with Crippen LogP contribution in [0.3, 0.4) is 0 Å². The first-order valence-corrected chi connectivity index (χ1v) is 2.36. The molecule has 0 aliphatic carbocycles. The molecule has 5 nitrogen and oxygen atoms in total. The van der Waals surface area contributed by atoms with Crippen molar-refractivity contribution in [3.05, 3.63) is 5.28 Å². The number of nitrogens with zero attached hydrogens (tertiary/aromatic N) is 3. The third-order valence-corrected chi connectivity index (χ3v) is 0.754. The van der Waals surface area contributed by atoms with E-state index >= 15 is 0 Å². The van der Waals surface area contributed by atoms with Gasteiger partial charge in [-0.2, -0.15) is 9.97 Å². The Bertz CT molecular complexity index is 183. The van der Waals surface area contributed by atoms with Crippen molar-refractivity contribution >= 4 is 41.2 Å². The van der Waals surface area contributed by atoms with Gasteiger partial charge in [0.05, 0.1) is 0 Å². The molecule has 0 fully saturated rings. The second-order valence-electron chi connectivity index (χ2n) is 1.20. The van der Waals surface area contributed by atoms with Crippen molar-refractivity contribution in [2.75, 3.05) is 0 Å². The molecule has 0 amide bonds. The Labute approximate surface area is 83.4 Å². The number of hydrogen-bond donors (Lipinski definition) is 2. The molecule has 0 radical (unpaired) electrons. The van der Waals surface area contributed by atoms with E-state index in [0.717, 1.165) is 0 Å². The summed E-state index contributed by atoms with van der Waals surface area (Å²) in [5.74, 6) is 0. The van der Waals surface area contributed by atoms with Crippen molar-refractivity contribution < 1.29 is 10.2 Å². The van der Waals surface area contributed by atoms with Gasteiger partial charge in [-0.05, 0) is 11.6 Å². The van der Waals surface area contributed by atoms with Crippen LogP contribution in [0.4, 0.5) is 0 Å². The van der Waals surface area contributed by atoms with Crippen LogP contribution in [0.25, 0.3) is 0 Å². The number of aromatic nitrogens is 3. The van der Waals surface area contributed by atoms with Crippen molar-refractivity contribution in [1.82, 2.24) is 15.0 Å². The van der Waals surface area contributed by atoms with Gasteiger partial charge in [0.1, 0.15) is 0 Å². The van der Waals surface area contributed by atoms with Crippen molar-refractivity contribution in [2.24, 2.45) is 0 Å². The van der Waals surface area contributed by atoms with Crippen LogP contribution < -0.4 is 0 Å². The molecule has 1 aromatic heterocycles. The van der Waals surface area contributed by atoms with Gasteiger partial charge in [0.25, 0.3) is 0 Å². The van der Waals surface area contributed by atoms with Crippen LogP contribution in [0, 0.1) is 0 Å². The van der Waals surface area contributed by atoms with Crippen LogP contribution in [0.2, 0.25) is 5.28 Å². The van der Waals surface area contributed by atoms with Gasteiger partial charge in [-0.1, -0.05) is 0 Å². The van der Waals surface area contributed by atoms with Crippen LogP contribution in [-0.4, -0.2) is 54.7 Å². The quantitative estimate of drug-likeness (QED) is 0.504. The van der Waals surface area contributed by atoms with Crippen molar-refractivity contribution in [3.8, 4) is 12.0 Å². The molecule has 50 valence electrons. The van der Waals surface area contributed by atoms with Crippen molar-refractivity contribution in [2.45, 2.75) is 0 Å². The molecule has 1 aromatic rings. The summed E-state index contributed by atoms with van der Waals surface area (Å²) in [6.07, 6.45) is 0. The third kappa shape index (κ3) is 2.66. The summed E-state index contributed by atoms with van der Waals surface area (Å²) < 4.78 is 0. The zero-order valence-corrected chi connectivity index (χ0v) is 4.87. The van der Waals surface area contributed by atoms with Gasteiger partial charge in [-0.25, -0.2) is 0 Å². The van der Waals surface area contributed by atoms with E-state index in [0.29, 0.717) is 0 Å². The van der Waals surface area contributed by atoms with Gasteiger partial charge in [-0.15, -0.1) is 4.98 Å². The van der Waals surface area contributed by atoms with Crippen LogP contribution in [0.15, 0.2) is 0 Å². The van der Waals surface area contributed by atoms with Gasteiger partial charge in [0.15, 0.2) is 0 Å². The summed E-state index contributed by atoms with van der Waals surface area (Å²) in [5, 5.41) is 16.7. The third-order valence-electron chi connectivity index (χ3n) is 0.585. The summed E-state index contributed by atoms with van der Waals surface area (Å²) in [6, 6.07) is -1.18. The first-order chi connectivity index (χ1) is 4.18. The molecule has 1 heterocycles. The van der Waals surface area contributed by atoms with Crippen LogP contribution in [-0.2, 0) is 0 Å². The maximum absolute atomic E-state index is 8.49. The Morgan fingerprint density at radius 1 is 1.00 bits per heavy atom. The fourth-order valence-electron chi connectivity index (χ4n) is 0.329. The number of halogens is 1. The average Bonchev–Trinajstić information content (AvgIpc) is 1.59. The van der Waals surface area contributed by atoms with E-state index in [4.69, 9.17) is 21.8 Å². The van der Waals surface area contributed by atoms with Gasteiger partial charge in [-0.3, -0.25) is 0 Å². The van der Waals surface area contributed by atoms with Crippen LogP contribution in [0.1, 0.15) is 0 Å². The summed E-state index contributed by atoms with van der Waals surface area (Å²) in [5.41, 5.74) is 0. The van der Waals surface area contributed by atoms with E-state index in [1.165, 1.54) is 0 Å². The van der Waals surface area contributed by atoms with Gasteiger partial charge in [0, 0.05) is 0 Å². The van der Waals surface area contributed by atoms with Crippen molar-refractivity contribution in [3.63, 3.8) is 0 Å². The standard InChI is InChI=1S/C3H2ClN3O2.Na.H/c4-1-5-2(8)7-3(9)6-1;;/h(H2,5,6,7,8,9);;. The summed E-state index contributed by atoms with van der Waals surface area (Å²) >= 11 is 5.17. The summed E-state index contributed by atoms with van der Waals surface area (Å²) in [6.45, 7) is 0. The van der Waals surface area contributed by atoms with Gasteiger partial charge < -0.3 is 10.2 Å². The Kier molecular flexibility index (Phi) is 3.88. The predicted molar refractivity (Wildman–Crippen MR) is 35.3 cm³/mol. The SMILES string of the molecule is Oc1nc(O)nc(Cl)n1.[NaH]. The minimum absolute atomic E-state index is 0. The predicted octanol–water partition coefficient (Wildman–Crippen LogP) is -0.712. The number of aromatic hydroxyl groups is 2. The fourth-order valence-corrected chi connectivity index (χ4v) is 0.481. The first-order valence-electron chi connectivity index (χ1n) is 1.98. The van der Waals surface area contributed by atoms with Gasteiger partial charge in [0.2, 0.25) is 5.28 Å². The average molecular weight is 172 g/mol. The van der Waals surface area contributed by atoms with Crippen LogP contribution >= 0.6 is 11.6 Å². The molecule has 0 aliphatic rings. The maximum atomic E-state index is 8.49. The number of rotatable bonds is 0. The molecule has 10 heavy (non-hydrogen) atoms. The molecule has 0 spiro atoms. The normalized spacial score (nSPS) is 8.50. The zero-order chi connectivity index (χ0) is 6.85. The van der Waals surface area contributed by atoms with E-state index in [9.17, 15) is 0 Å². The molecule has 0 saturated heterocycles. The molecule has 1 rings (SSSR count). The monoisotopic (exact) mass is 171 g/mol. The zero-order valence-electron chi connectivity index (χ0n) is 4.11. The molecule has 7 heteroatoms. The summed E-state index contributed by atoms with van der Waals surface area (Å²) in [7, 11) is 0. The Balaban J connectivity index is 0.000000810. The van der Waals surface area contributed by atoms with E-state index < -0.39 is 12.0 Å². The molecule has 0 aliphatic heterocycles. The second kappa shape index (κ2) is 3.92. The minimum atomic E-state index is -0.590.